The number of hydrogen-bond donors (Lipinski definition) is 1. The highest BCUT2D eigenvalue weighted by Gasteiger charge is 2.17. The summed E-state index contributed by atoms with van der Waals surface area (Å²) in [6.07, 6.45) is 6.09. The highest BCUT2D eigenvalue weighted by Crippen LogP contribution is 2.27. The SMILES string of the molecule is Cc1ncc(C(N)C2=CCCCO2)s1. The third-order valence-corrected chi connectivity index (χ3v) is 3.21. The molecule has 1 aliphatic heterocycles. The summed E-state index contributed by atoms with van der Waals surface area (Å²) in [7, 11) is 0. The van der Waals surface area contributed by atoms with Crippen molar-refractivity contribution in [2.75, 3.05) is 6.61 Å². The Morgan fingerprint density at radius 2 is 2.50 bits per heavy atom. The average molecular weight is 210 g/mol. The largest absolute Gasteiger partial charge is 0.496 e. The molecule has 4 heteroatoms. The van der Waals surface area contributed by atoms with E-state index in [0.29, 0.717) is 0 Å². The van der Waals surface area contributed by atoms with Crippen molar-refractivity contribution in [3.8, 4) is 0 Å². The van der Waals surface area contributed by atoms with Crippen LogP contribution in [0.1, 0.15) is 28.8 Å². The van der Waals surface area contributed by atoms with Gasteiger partial charge in [-0.3, -0.25) is 0 Å². The van der Waals surface area contributed by atoms with Crippen LogP contribution >= 0.6 is 11.3 Å². The van der Waals surface area contributed by atoms with Gasteiger partial charge in [0.15, 0.2) is 0 Å². The Labute approximate surface area is 87.6 Å². The van der Waals surface area contributed by atoms with Gasteiger partial charge in [0.1, 0.15) is 5.76 Å². The van der Waals surface area contributed by atoms with Gasteiger partial charge in [-0.05, 0) is 25.8 Å². The lowest BCUT2D eigenvalue weighted by molar-refractivity contribution is 0.176. The Kier molecular flexibility index (Phi) is 2.84. The molecule has 1 atom stereocenters. The van der Waals surface area contributed by atoms with Crippen molar-refractivity contribution in [3.63, 3.8) is 0 Å². The predicted octanol–water partition coefficient (Wildman–Crippen LogP) is 2.15. The van der Waals surface area contributed by atoms with Crippen LogP contribution in [0.2, 0.25) is 0 Å². The first-order valence-electron chi connectivity index (χ1n) is 4.78. The fourth-order valence-corrected chi connectivity index (χ4v) is 2.25. The number of nitrogens with two attached hydrogens (primary N) is 1. The normalized spacial score (nSPS) is 18.6. The second-order valence-electron chi connectivity index (χ2n) is 3.36. The van der Waals surface area contributed by atoms with Crippen LogP contribution in [0, 0.1) is 6.92 Å². The molecule has 1 aromatic rings. The van der Waals surface area contributed by atoms with Gasteiger partial charge < -0.3 is 10.5 Å². The highest BCUT2D eigenvalue weighted by atomic mass is 32.1. The molecular formula is C10H14N2OS. The Morgan fingerprint density at radius 1 is 1.64 bits per heavy atom. The Morgan fingerprint density at radius 3 is 3.07 bits per heavy atom. The maximum Gasteiger partial charge on any atom is 0.114 e. The van der Waals surface area contributed by atoms with Crippen molar-refractivity contribution in [2.24, 2.45) is 5.73 Å². The minimum Gasteiger partial charge on any atom is -0.496 e. The Balaban J connectivity index is 2.14. The highest BCUT2D eigenvalue weighted by molar-refractivity contribution is 7.11. The van der Waals surface area contributed by atoms with Gasteiger partial charge in [-0.15, -0.1) is 11.3 Å². The molecule has 76 valence electrons. The molecule has 1 unspecified atom stereocenters. The third-order valence-electron chi connectivity index (χ3n) is 2.21. The fraction of sp³-hybridized carbons (Fsp3) is 0.500. The van der Waals surface area contributed by atoms with Gasteiger partial charge in [-0.1, -0.05) is 0 Å². The Bertz CT molecular complexity index is 346. The van der Waals surface area contributed by atoms with Gasteiger partial charge in [0.05, 0.1) is 17.7 Å². The van der Waals surface area contributed by atoms with Crippen molar-refractivity contribution in [3.05, 3.63) is 27.9 Å². The van der Waals surface area contributed by atoms with E-state index < -0.39 is 0 Å². The topological polar surface area (TPSA) is 48.1 Å². The number of nitrogens with zero attached hydrogens (tertiary/aromatic N) is 1. The minimum absolute atomic E-state index is 0.124. The molecule has 0 radical (unpaired) electrons. The number of aryl methyl sites for hydroxylation is 1. The maximum atomic E-state index is 6.06. The summed E-state index contributed by atoms with van der Waals surface area (Å²) in [6, 6.07) is -0.124. The summed E-state index contributed by atoms with van der Waals surface area (Å²) in [4.78, 5) is 5.27. The zero-order valence-corrected chi connectivity index (χ0v) is 9.01. The van der Waals surface area contributed by atoms with Gasteiger partial charge in [0.2, 0.25) is 0 Å². The van der Waals surface area contributed by atoms with Crippen LogP contribution in [-0.4, -0.2) is 11.6 Å². The van der Waals surface area contributed by atoms with E-state index in [1.165, 1.54) is 0 Å². The molecule has 0 aromatic carbocycles. The fourth-order valence-electron chi connectivity index (χ4n) is 1.46. The number of rotatable bonds is 2. The quantitative estimate of drug-likeness (QED) is 0.813. The lowest BCUT2D eigenvalue weighted by Crippen LogP contribution is -2.16. The number of aromatic nitrogens is 1. The van der Waals surface area contributed by atoms with Gasteiger partial charge in [-0.25, -0.2) is 4.98 Å². The maximum absolute atomic E-state index is 6.06. The van der Waals surface area contributed by atoms with E-state index in [9.17, 15) is 0 Å². The van der Waals surface area contributed by atoms with E-state index >= 15 is 0 Å². The van der Waals surface area contributed by atoms with Crippen molar-refractivity contribution in [1.29, 1.82) is 0 Å². The predicted molar refractivity (Wildman–Crippen MR) is 57.0 cm³/mol. The Hall–Kier alpha value is -0.870. The summed E-state index contributed by atoms with van der Waals surface area (Å²) >= 11 is 1.63. The van der Waals surface area contributed by atoms with Crippen molar-refractivity contribution >= 4 is 11.3 Å². The minimum atomic E-state index is -0.124. The van der Waals surface area contributed by atoms with Crippen LogP contribution in [0.4, 0.5) is 0 Å². The molecule has 1 aliphatic rings. The number of thiazole rings is 1. The second kappa shape index (κ2) is 4.11. The van der Waals surface area contributed by atoms with Gasteiger partial charge in [-0.2, -0.15) is 0 Å². The summed E-state index contributed by atoms with van der Waals surface area (Å²) in [5.74, 6) is 0.903. The van der Waals surface area contributed by atoms with Crippen LogP contribution in [0.3, 0.4) is 0 Å². The molecule has 14 heavy (non-hydrogen) atoms. The molecule has 0 saturated heterocycles. The first-order chi connectivity index (χ1) is 6.77. The van der Waals surface area contributed by atoms with Crippen LogP contribution in [0.15, 0.2) is 18.0 Å². The van der Waals surface area contributed by atoms with E-state index in [2.05, 4.69) is 11.1 Å². The van der Waals surface area contributed by atoms with Crippen molar-refractivity contribution < 1.29 is 4.74 Å². The molecule has 3 nitrogen and oxygen atoms in total. The van der Waals surface area contributed by atoms with Gasteiger partial charge in [0, 0.05) is 11.1 Å². The summed E-state index contributed by atoms with van der Waals surface area (Å²) in [5, 5.41) is 1.05. The van der Waals surface area contributed by atoms with Crippen molar-refractivity contribution in [1.82, 2.24) is 4.98 Å². The van der Waals surface area contributed by atoms with Crippen LogP contribution in [0.25, 0.3) is 0 Å². The molecule has 0 bridgehead atoms. The first kappa shape index (κ1) is 9.68. The van der Waals surface area contributed by atoms with E-state index in [4.69, 9.17) is 10.5 Å². The molecule has 0 fully saturated rings. The lowest BCUT2D eigenvalue weighted by atomic mass is 10.1. The zero-order valence-electron chi connectivity index (χ0n) is 8.19. The average Bonchev–Trinajstić information content (AvgIpc) is 2.65. The van der Waals surface area contributed by atoms with Gasteiger partial charge in [0.25, 0.3) is 0 Å². The van der Waals surface area contributed by atoms with E-state index in [1.807, 2.05) is 13.1 Å². The molecule has 0 amide bonds. The molecule has 1 aromatic heterocycles. The van der Waals surface area contributed by atoms with E-state index in [0.717, 1.165) is 35.1 Å². The molecule has 0 spiro atoms. The molecule has 2 N–H and O–H groups in total. The van der Waals surface area contributed by atoms with Crippen LogP contribution < -0.4 is 5.73 Å². The monoisotopic (exact) mass is 210 g/mol. The molecule has 0 saturated carbocycles. The molecular weight excluding hydrogens is 196 g/mol. The number of hydrogen-bond acceptors (Lipinski definition) is 4. The van der Waals surface area contributed by atoms with Crippen molar-refractivity contribution in [2.45, 2.75) is 25.8 Å². The summed E-state index contributed by atoms with van der Waals surface area (Å²) in [6.45, 7) is 2.77. The standard InChI is InChI=1S/C10H14N2OS/c1-7-12-6-9(14-7)10(11)8-4-2-3-5-13-8/h4,6,10H,2-3,5,11H2,1H3. The smallest absolute Gasteiger partial charge is 0.114 e. The van der Waals surface area contributed by atoms with Gasteiger partial charge >= 0.3 is 0 Å². The first-order valence-corrected chi connectivity index (χ1v) is 5.60. The zero-order chi connectivity index (χ0) is 9.97. The molecule has 0 aliphatic carbocycles. The summed E-state index contributed by atoms with van der Waals surface area (Å²) in [5.41, 5.74) is 6.06. The molecule has 2 rings (SSSR count). The second-order valence-corrected chi connectivity index (χ2v) is 4.62. The molecule has 2 heterocycles. The number of allylic oxidation sites excluding steroid dienone is 1. The van der Waals surface area contributed by atoms with Crippen LogP contribution in [0.5, 0.6) is 0 Å². The van der Waals surface area contributed by atoms with E-state index in [1.54, 1.807) is 11.3 Å². The third kappa shape index (κ3) is 1.96. The summed E-state index contributed by atoms with van der Waals surface area (Å²) < 4.78 is 5.52. The van der Waals surface area contributed by atoms with E-state index in [-0.39, 0.29) is 6.04 Å². The van der Waals surface area contributed by atoms with Crippen LogP contribution in [-0.2, 0) is 4.74 Å². The number of ether oxygens (including phenoxy) is 1. The lowest BCUT2D eigenvalue weighted by Gasteiger charge is -2.19.